The first-order valence-corrected chi connectivity index (χ1v) is 48.2. The Balaban J connectivity index is 5.20. The molecule has 0 aromatic heterocycles. The second-order valence-electron chi connectivity index (χ2n) is 31.5. The molecule has 0 heterocycles. The van der Waals surface area contributed by atoms with Gasteiger partial charge in [-0.1, -0.05) is 420 Å². The fourth-order valence-electron chi connectivity index (χ4n) is 13.6. The molecule has 0 fully saturated rings. The molecule has 19 heteroatoms. The van der Waals surface area contributed by atoms with Gasteiger partial charge in [-0.3, -0.25) is 37.3 Å². The number of ether oxygens (including phenoxy) is 4. The second kappa shape index (κ2) is 79.7. The minimum atomic E-state index is -4.97. The number of carbonyl (C=O) groups excluding carboxylic acids is 4. The maximum atomic E-state index is 13.2. The van der Waals surface area contributed by atoms with Crippen LogP contribution in [0.2, 0.25) is 0 Å². The largest absolute Gasteiger partial charge is 0.472 e. The van der Waals surface area contributed by atoms with Crippen molar-refractivity contribution in [1.82, 2.24) is 0 Å². The zero-order chi connectivity index (χ0) is 77.6. The van der Waals surface area contributed by atoms with E-state index in [-0.39, 0.29) is 25.7 Å². The van der Waals surface area contributed by atoms with Crippen molar-refractivity contribution in [2.45, 2.75) is 490 Å². The second-order valence-corrected chi connectivity index (χ2v) is 34.4. The Labute approximate surface area is 651 Å². The van der Waals surface area contributed by atoms with Crippen LogP contribution in [0.15, 0.2) is 0 Å². The van der Waals surface area contributed by atoms with Crippen LogP contribution in [0.3, 0.4) is 0 Å². The molecule has 0 rings (SSSR count). The summed E-state index contributed by atoms with van der Waals surface area (Å²) < 4.78 is 68.9. The predicted octanol–water partition coefficient (Wildman–Crippen LogP) is 26.8. The molecule has 0 bridgehead atoms. The summed E-state index contributed by atoms with van der Waals surface area (Å²) in [5.74, 6) is -1.23. The number of esters is 4. The molecule has 0 aliphatic heterocycles. The zero-order valence-electron chi connectivity index (χ0n) is 69.6. The van der Waals surface area contributed by atoms with Crippen LogP contribution in [-0.4, -0.2) is 96.7 Å². The molecule has 3 N–H and O–H groups in total. The van der Waals surface area contributed by atoms with E-state index in [2.05, 4.69) is 34.6 Å². The lowest BCUT2D eigenvalue weighted by atomic mass is 9.99. The molecule has 0 aromatic rings. The first-order chi connectivity index (χ1) is 51.6. The monoisotopic (exact) mass is 1550 g/mol. The van der Waals surface area contributed by atoms with E-state index in [1.807, 2.05) is 0 Å². The quantitative estimate of drug-likeness (QED) is 0.0222. The van der Waals surface area contributed by atoms with Crippen molar-refractivity contribution in [2.75, 3.05) is 39.6 Å². The van der Waals surface area contributed by atoms with E-state index in [4.69, 9.17) is 37.0 Å². The molecule has 0 amide bonds. The van der Waals surface area contributed by atoms with Gasteiger partial charge in [0.1, 0.15) is 19.3 Å². The molecule has 0 aliphatic carbocycles. The summed E-state index contributed by atoms with van der Waals surface area (Å²) in [6.07, 6.45) is 73.6. The number of aliphatic hydroxyl groups excluding tert-OH is 1. The van der Waals surface area contributed by atoms with Gasteiger partial charge in [0.15, 0.2) is 12.2 Å². The summed E-state index contributed by atoms with van der Waals surface area (Å²) in [4.78, 5) is 73.2. The number of carbonyl (C=O) groups is 4. The number of unbranched alkanes of at least 4 members (excludes halogenated alkanes) is 58. The summed E-state index contributed by atoms with van der Waals surface area (Å²) >= 11 is 0. The normalized spacial score (nSPS) is 14.0. The summed E-state index contributed by atoms with van der Waals surface area (Å²) in [5, 5.41) is 10.7. The lowest BCUT2D eigenvalue weighted by Crippen LogP contribution is -2.30. The molecule has 0 saturated carbocycles. The highest BCUT2D eigenvalue weighted by atomic mass is 31.2. The maximum absolute atomic E-state index is 13.2. The van der Waals surface area contributed by atoms with Crippen LogP contribution in [0.5, 0.6) is 0 Å². The molecule has 0 aromatic carbocycles. The summed E-state index contributed by atoms with van der Waals surface area (Å²) in [5.41, 5.74) is 0. The van der Waals surface area contributed by atoms with Crippen LogP contribution in [0.25, 0.3) is 0 Å². The Kier molecular flexibility index (Phi) is 78.2. The van der Waals surface area contributed by atoms with Gasteiger partial charge in [0, 0.05) is 25.7 Å². The van der Waals surface area contributed by atoms with Gasteiger partial charge < -0.3 is 33.8 Å². The van der Waals surface area contributed by atoms with Gasteiger partial charge in [0.05, 0.1) is 26.4 Å². The van der Waals surface area contributed by atoms with Crippen LogP contribution >= 0.6 is 15.6 Å². The summed E-state index contributed by atoms with van der Waals surface area (Å²) in [7, 11) is -9.92. The van der Waals surface area contributed by atoms with Crippen LogP contribution in [0.4, 0.5) is 0 Å². The Morgan fingerprint density at radius 2 is 0.453 bits per heavy atom. The third-order valence-corrected chi connectivity index (χ3v) is 22.8. The molecule has 106 heavy (non-hydrogen) atoms. The van der Waals surface area contributed by atoms with E-state index >= 15 is 0 Å². The smallest absolute Gasteiger partial charge is 0.462 e. The van der Waals surface area contributed by atoms with Crippen LogP contribution in [0, 0.1) is 5.92 Å². The van der Waals surface area contributed by atoms with Gasteiger partial charge >= 0.3 is 39.5 Å². The third kappa shape index (κ3) is 78.7. The van der Waals surface area contributed by atoms with Crippen LogP contribution < -0.4 is 0 Å². The number of phosphoric acid groups is 2. The molecule has 6 atom stereocenters. The number of aliphatic hydroxyl groups is 1. The first kappa shape index (κ1) is 104. The number of hydrogen-bond donors (Lipinski definition) is 3. The molecule has 0 saturated heterocycles. The molecule has 17 nitrogen and oxygen atoms in total. The average molecular weight is 1550 g/mol. The number of phosphoric ester groups is 2. The minimum absolute atomic E-state index is 0.109. The summed E-state index contributed by atoms with van der Waals surface area (Å²) in [6, 6.07) is 0. The predicted molar refractivity (Wildman–Crippen MR) is 437 cm³/mol. The molecular formula is C87H170O17P2. The number of hydrogen-bond acceptors (Lipinski definition) is 15. The highest BCUT2D eigenvalue weighted by Crippen LogP contribution is 2.45. The third-order valence-electron chi connectivity index (χ3n) is 20.9. The molecule has 0 radical (unpaired) electrons. The van der Waals surface area contributed by atoms with Crippen molar-refractivity contribution in [3.05, 3.63) is 0 Å². The van der Waals surface area contributed by atoms with E-state index < -0.39 is 97.5 Å². The van der Waals surface area contributed by atoms with Crippen molar-refractivity contribution in [3.8, 4) is 0 Å². The molecule has 630 valence electrons. The topological polar surface area (TPSA) is 237 Å². The van der Waals surface area contributed by atoms with Gasteiger partial charge in [-0.2, -0.15) is 0 Å². The van der Waals surface area contributed by atoms with Crippen molar-refractivity contribution >= 4 is 39.5 Å². The molecular weight excluding hydrogens is 1380 g/mol. The van der Waals surface area contributed by atoms with Gasteiger partial charge in [-0.15, -0.1) is 0 Å². The zero-order valence-corrected chi connectivity index (χ0v) is 71.4. The van der Waals surface area contributed by atoms with Crippen LogP contribution in [0.1, 0.15) is 471 Å². The van der Waals surface area contributed by atoms with E-state index in [1.54, 1.807) is 0 Å². The number of rotatable bonds is 87. The van der Waals surface area contributed by atoms with Crippen molar-refractivity contribution in [1.29, 1.82) is 0 Å². The van der Waals surface area contributed by atoms with Gasteiger partial charge in [-0.05, 0) is 31.6 Å². The van der Waals surface area contributed by atoms with E-state index in [9.17, 15) is 43.2 Å². The van der Waals surface area contributed by atoms with Crippen molar-refractivity contribution in [2.24, 2.45) is 5.92 Å². The van der Waals surface area contributed by atoms with E-state index in [0.29, 0.717) is 25.7 Å². The lowest BCUT2D eigenvalue weighted by molar-refractivity contribution is -0.161. The molecule has 0 aliphatic rings. The molecule has 0 spiro atoms. The Bertz CT molecular complexity index is 2020. The van der Waals surface area contributed by atoms with Crippen molar-refractivity contribution < 1.29 is 80.2 Å². The average Bonchev–Trinajstić information content (AvgIpc) is 0.902. The van der Waals surface area contributed by atoms with Gasteiger partial charge in [0.2, 0.25) is 0 Å². The first-order valence-electron chi connectivity index (χ1n) is 45.2. The van der Waals surface area contributed by atoms with Crippen molar-refractivity contribution in [3.63, 3.8) is 0 Å². The van der Waals surface area contributed by atoms with E-state index in [0.717, 1.165) is 95.8 Å². The summed E-state index contributed by atoms with van der Waals surface area (Å²) in [6.45, 7) is 7.42. The SMILES string of the molecule is CCCCCCCCCCCCCCCCCCCCCCC(=O)OC[C@H](COP(=O)(O)OC[C@@H](O)COP(=O)(O)OC[C@@H](COC(=O)CCCCCCCCCCC)OC(=O)CCCCCCCCCCCCCCCCC)OC(=O)CCCCCCCCCCCCCCCCCCCCC(C)CC. The lowest BCUT2D eigenvalue weighted by Gasteiger charge is -2.21. The Hall–Kier alpha value is -1.94. The highest BCUT2D eigenvalue weighted by molar-refractivity contribution is 7.47. The Morgan fingerprint density at radius 1 is 0.264 bits per heavy atom. The van der Waals surface area contributed by atoms with Crippen LogP contribution in [-0.2, 0) is 65.4 Å². The fourth-order valence-corrected chi connectivity index (χ4v) is 15.2. The molecule has 3 unspecified atom stereocenters. The van der Waals surface area contributed by atoms with Gasteiger partial charge in [0.25, 0.3) is 0 Å². The standard InChI is InChI=1S/C87H170O17P2/c1-6-10-13-16-19-22-24-26-28-29-30-31-35-39-42-46-51-56-61-66-71-85(90)98-77-83(104-87(92)73-68-63-58-53-48-44-40-36-33-32-34-38-41-45-50-54-59-64-69-80(5)9-4)79-102-106(95,96)100-75-81(88)74-99-105(93,94)101-78-82(76-97-84(89)70-65-60-55-49-21-18-15-12-8-3)103-86(91)72-67-62-57-52-47-43-37-27-25-23-20-17-14-11-7-2/h80-83,88H,6-79H2,1-5H3,(H,93,94)(H,95,96)/t80?,81-,82+,83+/m0/s1. The minimum Gasteiger partial charge on any atom is -0.462 e. The highest BCUT2D eigenvalue weighted by Gasteiger charge is 2.30. The Morgan fingerprint density at radius 3 is 0.670 bits per heavy atom. The maximum Gasteiger partial charge on any atom is 0.472 e. The van der Waals surface area contributed by atoms with Gasteiger partial charge in [-0.25, -0.2) is 9.13 Å². The van der Waals surface area contributed by atoms with E-state index in [1.165, 1.54) is 295 Å². The fraction of sp³-hybridized carbons (Fsp3) is 0.954.